The van der Waals surface area contributed by atoms with Crippen LogP contribution in [0, 0.1) is 5.92 Å². The van der Waals surface area contributed by atoms with Gasteiger partial charge in [0, 0.05) is 23.8 Å². The van der Waals surface area contributed by atoms with E-state index in [1.54, 1.807) is 11.3 Å². The van der Waals surface area contributed by atoms with E-state index in [0.29, 0.717) is 30.6 Å². The molecule has 25 heavy (non-hydrogen) atoms. The average molecular weight is 359 g/mol. The first-order chi connectivity index (χ1) is 12.1. The molecule has 0 bridgehead atoms. The van der Waals surface area contributed by atoms with E-state index in [0.717, 1.165) is 42.3 Å². The maximum Gasteiger partial charge on any atom is 0.259 e. The summed E-state index contributed by atoms with van der Waals surface area (Å²) in [5.41, 5.74) is 1.17. The number of carbonyl (C=O) groups is 1. The molecule has 6 heteroatoms. The van der Waals surface area contributed by atoms with Crippen LogP contribution in [0.15, 0.2) is 4.79 Å². The molecular weight excluding hydrogens is 334 g/mol. The number of aromatic amines is 1. The zero-order valence-electron chi connectivity index (χ0n) is 14.7. The lowest BCUT2D eigenvalue weighted by Crippen LogP contribution is -2.32. The van der Waals surface area contributed by atoms with E-state index in [2.05, 4.69) is 22.2 Å². The van der Waals surface area contributed by atoms with Crippen LogP contribution >= 0.6 is 11.3 Å². The lowest BCUT2D eigenvalue weighted by Gasteiger charge is -2.17. The third kappa shape index (κ3) is 3.50. The monoisotopic (exact) mass is 359 g/mol. The van der Waals surface area contributed by atoms with Gasteiger partial charge in [0.05, 0.1) is 5.39 Å². The smallest absolute Gasteiger partial charge is 0.259 e. The number of carbonyl (C=O) groups excluding carboxylic acids is 1. The first-order valence-corrected chi connectivity index (χ1v) is 10.2. The van der Waals surface area contributed by atoms with E-state index >= 15 is 0 Å². The van der Waals surface area contributed by atoms with Crippen molar-refractivity contribution in [2.45, 2.75) is 70.8 Å². The van der Waals surface area contributed by atoms with Crippen molar-refractivity contribution in [3.05, 3.63) is 26.6 Å². The number of H-pyrrole nitrogens is 1. The van der Waals surface area contributed by atoms with Gasteiger partial charge in [-0.2, -0.15) is 0 Å². The van der Waals surface area contributed by atoms with E-state index in [9.17, 15) is 9.59 Å². The van der Waals surface area contributed by atoms with E-state index in [1.807, 2.05) is 0 Å². The Morgan fingerprint density at radius 3 is 2.92 bits per heavy atom. The number of hydrogen-bond donors (Lipinski definition) is 2. The summed E-state index contributed by atoms with van der Waals surface area (Å²) in [5.74, 6) is 1.37. The molecule has 2 aliphatic rings. The zero-order chi connectivity index (χ0) is 17.4. The highest BCUT2D eigenvalue weighted by molar-refractivity contribution is 7.18. The molecule has 1 saturated carbocycles. The van der Waals surface area contributed by atoms with Crippen LogP contribution in [0.2, 0.25) is 0 Å². The highest BCUT2D eigenvalue weighted by Crippen LogP contribution is 2.35. The predicted molar refractivity (Wildman–Crippen MR) is 100 cm³/mol. The molecule has 2 aliphatic carbocycles. The van der Waals surface area contributed by atoms with E-state index < -0.39 is 0 Å². The largest absolute Gasteiger partial charge is 0.353 e. The lowest BCUT2D eigenvalue weighted by molar-refractivity contribution is -0.121. The Morgan fingerprint density at radius 1 is 1.32 bits per heavy atom. The van der Waals surface area contributed by atoms with Gasteiger partial charge >= 0.3 is 0 Å². The quantitative estimate of drug-likeness (QED) is 0.881. The second-order valence-corrected chi connectivity index (χ2v) is 8.68. The number of amides is 1. The van der Waals surface area contributed by atoms with Gasteiger partial charge in [0.1, 0.15) is 10.7 Å². The topological polar surface area (TPSA) is 74.8 Å². The van der Waals surface area contributed by atoms with Crippen LogP contribution in [0.3, 0.4) is 0 Å². The summed E-state index contributed by atoms with van der Waals surface area (Å²) in [6.07, 6.45) is 8.63. The van der Waals surface area contributed by atoms with E-state index in [-0.39, 0.29) is 11.5 Å². The van der Waals surface area contributed by atoms with Crippen molar-refractivity contribution in [1.82, 2.24) is 15.3 Å². The fourth-order valence-corrected chi connectivity index (χ4v) is 5.52. The normalized spacial score (nSPS) is 20.8. The van der Waals surface area contributed by atoms with Crippen molar-refractivity contribution in [1.29, 1.82) is 0 Å². The van der Waals surface area contributed by atoms with E-state index in [1.165, 1.54) is 23.3 Å². The molecule has 0 radical (unpaired) electrons. The SMILES string of the molecule is C[C@@H]1CCc2c(sc3nc(CCC(=O)NC4CCCC4)[nH]c(=O)c23)C1. The Bertz CT molecular complexity index is 848. The first-order valence-electron chi connectivity index (χ1n) is 9.43. The maximum atomic E-state index is 12.5. The van der Waals surface area contributed by atoms with Gasteiger partial charge in [-0.25, -0.2) is 4.98 Å². The molecule has 0 unspecified atom stereocenters. The van der Waals surface area contributed by atoms with Crippen molar-refractivity contribution in [3.63, 3.8) is 0 Å². The Kier molecular flexibility index (Phi) is 4.63. The van der Waals surface area contributed by atoms with Gasteiger partial charge in [-0.1, -0.05) is 19.8 Å². The van der Waals surface area contributed by atoms with Gasteiger partial charge in [-0.05, 0) is 43.6 Å². The number of fused-ring (bicyclic) bond motifs is 3. The predicted octanol–water partition coefficient (Wildman–Crippen LogP) is 3.10. The second-order valence-electron chi connectivity index (χ2n) is 7.59. The third-order valence-corrected chi connectivity index (χ3v) is 6.67. The van der Waals surface area contributed by atoms with Crippen molar-refractivity contribution >= 4 is 27.5 Å². The van der Waals surface area contributed by atoms with Gasteiger partial charge in [-0.15, -0.1) is 11.3 Å². The molecule has 1 fully saturated rings. The average Bonchev–Trinajstić information content (AvgIpc) is 3.19. The summed E-state index contributed by atoms with van der Waals surface area (Å²) in [7, 11) is 0. The van der Waals surface area contributed by atoms with E-state index in [4.69, 9.17) is 0 Å². The molecule has 2 heterocycles. The molecule has 134 valence electrons. The molecule has 2 aromatic rings. The molecule has 4 rings (SSSR count). The van der Waals surface area contributed by atoms with Crippen molar-refractivity contribution in [2.24, 2.45) is 5.92 Å². The minimum absolute atomic E-state index is 0.0387. The Hall–Kier alpha value is -1.69. The van der Waals surface area contributed by atoms with Gasteiger partial charge in [-0.3, -0.25) is 9.59 Å². The standard InChI is InChI=1S/C19H25N3O2S/c1-11-6-7-13-14(10-11)25-19-17(13)18(24)21-15(22-19)8-9-16(23)20-12-4-2-3-5-12/h11-12H,2-10H2,1H3,(H,20,23)(H,21,22,24)/t11-/m1/s1. The molecular formula is C19H25N3O2S. The second kappa shape index (κ2) is 6.90. The summed E-state index contributed by atoms with van der Waals surface area (Å²) in [5, 5.41) is 3.87. The summed E-state index contributed by atoms with van der Waals surface area (Å²) >= 11 is 1.66. The first kappa shape index (κ1) is 16.8. The van der Waals surface area contributed by atoms with Gasteiger partial charge < -0.3 is 10.3 Å². The molecule has 1 amide bonds. The Morgan fingerprint density at radius 2 is 2.12 bits per heavy atom. The minimum Gasteiger partial charge on any atom is -0.353 e. The van der Waals surface area contributed by atoms with Crippen molar-refractivity contribution in [3.8, 4) is 0 Å². The number of nitrogens with zero attached hydrogens (tertiary/aromatic N) is 1. The van der Waals surface area contributed by atoms with Crippen LogP contribution < -0.4 is 10.9 Å². The van der Waals surface area contributed by atoms with Crippen molar-refractivity contribution < 1.29 is 4.79 Å². The highest BCUT2D eigenvalue weighted by atomic mass is 32.1. The molecule has 2 aromatic heterocycles. The number of rotatable bonds is 4. The van der Waals surface area contributed by atoms with Crippen LogP contribution in [0.4, 0.5) is 0 Å². The number of aromatic nitrogens is 2. The fraction of sp³-hybridized carbons (Fsp3) is 0.632. The number of nitrogens with one attached hydrogen (secondary N) is 2. The number of aryl methyl sites for hydroxylation is 2. The van der Waals surface area contributed by atoms with Crippen LogP contribution in [-0.2, 0) is 24.1 Å². The van der Waals surface area contributed by atoms with Gasteiger partial charge in [0.25, 0.3) is 5.56 Å². The van der Waals surface area contributed by atoms with Crippen LogP contribution in [-0.4, -0.2) is 21.9 Å². The molecule has 0 spiro atoms. The molecule has 0 saturated heterocycles. The number of hydrogen-bond acceptors (Lipinski definition) is 4. The van der Waals surface area contributed by atoms with Crippen LogP contribution in [0.5, 0.6) is 0 Å². The van der Waals surface area contributed by atoms with Crippen LogP contribution in [0.25, 0.3) is 10.2 Å². The fourth-order valence-electron chi connectivity index (χ4n) is 4.11. The summed E-state index contributed by atoms with van der Waals surface area (Å²) in [4.78, 5) is 34.4. The van der Waals surface area contributed by atoms with Gasteiger partial charge in [0.2, 0.25) is 5.91 Å². The van der Waals surface area contributed by atoms with Crippen molar-refractivity contribution in [2.75, 3.05) is 0 Å². The Labute approximate surface area is 151 Å². The summed E-state index contributed by atoms with van der Waals surface area (Å²) in [6.45, 7) is 2.26. The number of thiophene rings is 1. The molecule has 1 atom stereocenters. The molecule has 0 aliphatic heterocycles. The molecule has 5 nitrogen and oxygen atoms in total. The minimum atomic E-state index is -0.0387. The van der Waals surface area contributed by atoms with Crippen LogP contribution in [0.1, 0.15) is 61.7 Å². The summed E-state index contributed by atoms with van der Waals surface area (Å²) in [6, 6.07) is 0.341. The highest BCUT2D eigenvalue weighted by Gasteiger charge is 2.23. The lowest BCUT2D eigenvalue weighted by atomic mass is 9.89. The third-order valence-electron chi connectivity index (χ3n) is 5.52. The summed E-state index contributed by atoms with van der Waals surface area (Å²) < 4.78 is 0. The maximum absolute atomic E-state index is 12.5. The van der Waals surface area contributed by atoms with Gasteiger partial charge in [0.15, 0.2) is 0 Å². The zero-order valence-corrected chi connectivity index (χ0v) is 15.5. The molecule has 0 aromatic carbocycles. The Balaban J connectivity index is 1.49. The molecule has 2 N–H and O–H groups in total.